The Morgan fingerprint density at radius 1 is 0.889 bits per heavy atom. The van der Waals surface area contributed by atoms with Crippen molar-refractivity contribution in [2.75, 3.05) is 60.4 Å². The lowest BCUT2D eigenvalue weighted by Crippen LogP contribution is -2.35. The van der Waals surface area contributed by atoms with E-state index in [1.165, 1.54) is 0 Å². The molecule has 0 aliphatic heterocycles. The van der Waals surface area contributed by atoms with Gasteiger partial charge in [0.1, 0.15) is 0 Å². The maximum absolute atomic E-state index is 5.45. The highest BCUT2D eigenvalue weighted by Crippen LogP contribution is 1.96. The average Bonchev–Trinajstić information content (AvgIpc) is 2.37. The second-order valence-corrected chi connectivity index (χ2v) is 4.11. The third-order valence-electron chi connectivity index (χ3n) is 2.49. The second kappa shape index (κ2) is 14.9. The van der Waals surface area contributed by atoms with Crippen LogP contribution in [0.5, 0.6) is 0 Å². The lowest BCUT2D eigenvalue weighted by Gasteiger charge is -2.17. The number of ether oxygens (including phenoxy) is 4. The van der Waals surface area contributed by atoms with Crippen molar-refractivity contribution >= 4 is 0 Å². The summed E-state index contributed by atoms with van der Waals surface area (Å²) in [6.45, 7) is 7.02. The first kappa shape index (κ1) is 17.8. The molecule has 18 heavy (non-hydrogen) atoms. The van der Waals surface area contributed by atoms with Crippen molar-refractivity contribution in [1.29, 1.82) is 0 Å². The van der Waals surface area contributed by atoms with Gasteiger partial charge in [-0.05, 0) is 6.42 Å². The zero-order valence-electron chi connectivity index (χ0n) is 12.1. The van der Waals surface area contributed by atoms with Crippen molar-refractivity contribution in [3.8, 4) is 0 Å². The number of hydrogen-bond acceptors (Lipinski definition) is 5. The highest BCUT2D eigenvalue weighted by atomic mass is 16.5. The van der Waals surface area contributed by atoms with Gasteiger partial charge in [0.2, 0.25) is 0 Å². The molecular formula is C13H29NO4. The highest BCUT2D eigenvalue weighted by Gasteiger charge is 2.05. The van der Waals surface area contributed by atoms with E-state index in [0.717, 1.165) is 26.0 Å². The number of methoxy groups -OCH3 is 2. The van der Waals surface area contributed by atoms with Gasteiger partial charge in [0.25, 0.3) is 0 Å². The summed E-state index contributed by atoms with van der Waals surface area (Å²) >= 11 is 0. The van der Waals surface area contributed by atoms with Gasteiger partial charge in [-0.25, -0.2) is 0 Å². The van der Waals surface area contributed by atoms with Crippen LogP contribution in [-0.4, -0.2) is 66.4 Å². The molecule has 0 aromatic rings. The van der Waals surface area contributed by atoms with Crippen molar-refractivity contribution in [2.24, 2.45) is 0 Å². The topological polar surface area (TPSA) is 49.0 Å². The quantitative estimate of drug-likeness (QED) is 0.475. The van der Waals surface area contributed by atoms with Crippen molar-refractivity contribution in [1.82, 2.24) is 5.32 Å². The van der Waals surface area contributed by atoms with Crippen molar-refractivity contribution in [3.05, 3.63) is 0 Å². The van der Waals surface area contributed by atoms with E-state index >= 15 is 0 Å². The van der Waals surface area contributed by atoms with E-state index in [-0.39, 0.29) is 0 Å². The van der Waals surface area contributed by atoms with E-state index in [9.17, 15) is 0 Å². The van der Waals surface area contributed by atoms with Crippen LogP contribution in [0.2, 0.25) is 0 Å². The fraction of sp³-hybridized carbons (Fsp3) is 1.00. The van der Waals surface area contributed by atoms with Crippen LogP contribution in [0.3, 0.4) is 0 Å². The molecule has 0 aliphatic carbocycles. The SMILES string of the molecule is CCCC(COC)NCCOCCOCCOC. The zero-order valence-corrected chi connectivity index (χ0v) is 12.1. The summed E-state index contributed by atoms with van der Waals surface area (Å²) in [5, 5.41) is 3.42. The molecule has 0 amide bonds. The first-order chi connectivity index (χ1) is 8.85. The van der Waals surface area contributed by atoms with Gasteiger partial charge in [-0.3, -0.25) is 0 Å². The maximum atomic E-state index is 5.45. The van der Waals surface area contributed by atoms with Crippen molar-refractivity contribution in [3.63, 3.8) is 0 Å². The van der Waals surface area contributed by atoms with Crippen LogP contribution in [0.15, 0.2) is 0 Å². The molecule has 0 fully saturated rings. The Hall–Kier alpha value is -0.200. The first-order valence-electron chi connectivity index (χ1n) is 6.71. The molecule has 5 heteroatoms. The summed E-state index contributed by atoms with van der Waals surface area (Å²) < 4.78 is 20.8. The normalized spacial score (nSPS) is 12.8. The van der Waals surface area contributed by atoms with Gasteiger partial charge >= 0.3 is 0 Å². The molecule has 0 heterocycles. The molecule has 0 spiro atoms. The monoisotopic (exact) mass is 263 g/mol. The molecular weight excluding hydrogens is 234 g/mol. The van der Waals surface area contributed by atoms with Gasteiger partial charge in [-0.15, -0.1) is 0 Å². The minimum atomic E-state index is 0.432. The Kier molecular flexibility index (Phi) is 14.7. The Labute approximate surface area is 111 Å². The Balaban J connectivity index is 3.21. The molecule has 0 aromatic heterocycles. The van der Waals surface area contributed by atoms with E-state index in [1.807, 2.05) is 0 Å². The van der Waals surface area contributed by atoms with Gasteiger partial charge in [0.15, 0.2) is 0 Å². The Morgan fingerprint density at radius 3 is 2.17 bits per heavy atom. The minimum absolute atomic E-state index is 0.432. The lowest BCUT2D eigenvalue weighted by atomic mass is 10.2. The Bertz CT molecular complexity index is 152. The molecule has 0 saturated heterocycles. The minimum Gasteiger partial charge on any atom is -0.383 e. The third kappa shape index (κ3) is 12.3. The summed E-state index contributed by atoms with van der Waals surface area (Å²) in [4.78, 5) is 0. The van der Waals surface area contributed by atoms with Crippen LogP contribution < -0.4 is 5.32 Å². The number of rotatable bonds is 14. The lowest BCUT2D eigenvalue weighted by molar-refractivity contribution is 0.0246. The van der Waals surface area contributed by atoms with E-state index in [0.29, 0.717) is 39.1 Å². The summed E-state index contributed by atoms with van der Waals surface area (Å²) in [5.41, 5.74) is 0. The molecule has 0 bridgehead atoms. The standard InChI is InChI=1S/C13H29NO4/c1-4-5-13(12-16-3)14-6-7-17-10-11-18-9-8-15-2/h13-14H,4-12H2,1-3H3. The van der Waals surface area contributed by atoms with E-state index in [4.69, 9.17) is 18.9 Å². The second-order valence-electron chi connectivity index (χ2n) is 4.11. The molecule has 1 atom stereocenters. The van der Waals surface area contributed by atoms with Gasteiger partial charge in [-0.2, -0.15) is 0 Å². The highest BCUT2D eigenvalue weighted by molar-refractivity contribution is 4.64. The van der Waals surface area contributed by atoms with Crippen LogP contribution in [0.1, 0.15) is 19.8 Å². The summed E-state index contributed by atoms with van der Waals surface area (Å²) in [5.74, 6) is 0. The fourth-order valence-corrected chi connectivity index (χ4v) is 1.59. The number of hydrogen-bond donors (Lipinski definition) is 1. The smallest absolute Gasteiger partial charge is 0.0701 e. The Morgan fingerprint density at radius 2 is 1.56 bits per heavy atom. The molecule has 0 radical (unpaired) electrons. The largest absolute Gasteiger partial charge is 0.383 e. The van der Waals surface area contributed by atoms with Gasteiger partial charge in [0, 0.05) is 26.8 Å². The molecule has 5 nitrogen and oxygen atoms in total. The molecule has 0 saturated carbocycles. The molecule has 0 aliphatic rings. The summed E-state index contributed by atoms with van der Waals surface area (Å²) in [6, 6.07) is 0.432. The van der Waals surface area contributed by atoms with E-state index < -0.39 is 0 Å². The molecule has 0 rings (SSSR count). The van der Waals surface area contributed by atoms with Gasteiger partial charge in [-0.1, -0.05) is 13.3 Å². The van der Waals surface area contributed by atoms with E-state index in [1.54, 1.807) is 14.2 Å². The summed E-state index contributed by atoms with van der Waals surface area (Å²) in [6.07, 6.45) is 2.29. The van der Waals surface area contributed by atoms with Crippen LogP contribution in [0.25, 0.3) is 0 Å². The maximum Gasteiger partial charge on any atom is 0.0701 e. The van der Waals surface area contributed by atoms with Crippen LogP contribution in [0.4, 0.5) is 0 Å². The number of nitrogens with one attached hydrogen (secondary N) is 1. The van der Waals surface area contributed by atoms with Gasteiger partial charge in [0.05, 0.1) is 39.6 Å². The third-order valence-corrected chi connectivity index (χ3v) is 2.49. The zero-order chi connectivity index (χ0) is 13.5. The van der Waals surface area contributed by atoms with Crippen molar-refractivity contribution < 1.29 is 18.9 Å². The molecule has 1 N–H and O–H groups in total. The predicted octanol–water partition coefficient (Wildman–Crippen LogP) is 1.07. The average molecular weight is 263 g/mol. The molecule has 0 aromatic carbocycles. The molecule has 110 valence electrons. The van der Waals surface area contributed by atoms with Crippen LogP contribution in [-0.2, 0) is 18.9 Å². The molecule has 1 unspecified atom stereocenters. The first-order valence-corrected chi connectivity index (χ1v) is 6.71. The van der Waals surface area contributed by atoms with Crippen LogP contribution in [0, 0.1) is 0 Å². The fourth-order valence-electron chi connectivity index (χ4n) is 1.59. The van der Waals surface area contributed by atoms with Gasteiger partial charge < -0.3 is 24.3 Å². The van der Waals surface area contributed by atoms with Crippen LogP contribution >= 0.6 is 0 Å². The van der Waals surface area contributed by atoms with E-state index in [2.05, 4.69) is 12.2 Å². The summed E-state index contributed by atoms with van der Waals surface area (Å²) in [7, 11) is 3.40. The predicted molar refractivity (Wildman–Crippen MR) is 72.1 cm³/mol. The van der Waals surface area contributed by atoms with Crippen molar-refractivity contribution in [2.45, 2.75) is 25.8 Å².